The summed E-state index contributed by atoms with van der Waals surface area (Å²) in [6.45, 7) is 4.44. The lowest BCUT2D eigenvalue weighted by atomic mass is 9.89. The highest BCUT2D eigenvalue weighted by Gasteiger charge is 2.40. The molecule has 2 unspecified atom stereocenters. The third-order valence-corrected chi connectivity index (χ3v) is 4.03. The number of nitrogens with two attached hydrogens (primary N) is 1. The normalized spacial score (nSPS) is 30.7. The summed E-state index contributed by atoms with van der Waals surface area (Å²) in [4.78, 5) is 0. The van der Waals surface area contributed by atoms with Crippen LogP contribution in [0.3, 0.4) is 0 Å². The predicted molar refractivity (Wildman–Crippen MR) is 76.4 cm³/mol. The molecule has 0 saturated carbocycles. The molecule has 104 valence electrons. The average Bonchev–Trinajstić information content (AvgIpc) is 2.76. The maximum atomic E-state index is 5.95. The maximum Gasteiger partial charge on any atom is 0.0956 e. The van der Waals surface area contributed by atoms with Gasteiger partial charge in [-0.15, -0.1) is 0 Å². The van der Waals surface area contributed by atoms with E-state index in [2.05, 4.69) is 18.3 Å². The van der Waals surface area contributed by atoms with Crippen molar-refractivity contribution in [1.29, 1.82) is 0 Å². The van der Waals surface area contributed by atoms with Gasteiger partial charge in [0.15, 0.2) is 0 Å². The molecular weight excluding hydrogens is 240 g/mol. The van der Waals surface area contributed by atoms with Gasteiger partial charge in [-0.2, -0.15) is 0 Å². The first-order chi connectivity index (χ1) is 9.15. The molecule has 2 fully saturated rings. The Morgan fingerprint density at radius 1 is 1.32 bits per heavy atom. The molecule has 1 aromatic carbocycles. The number of anilines is 2. The van der Waals surface area contributed by atoms with E-state index in [1.54, 1.807) is 0 Å². The Bertz CT molecular complexity index is 435. The first kappa shape index (κ1) is 12.8. The van der Waals surface area contributed by atoms with E-state index < -0.39 is 0 Å². The zero-order valence-electron chi connectivity index (χ0n) is 11.4. The van der Waals surface area contributed by atoms with Crippen LogP contribution in [0.2, 0.25) is 0 Å². The fraction of sp³-hybridized carbons (Fsp3) is 0.600. The lowest BCUT2D eigenvalue weighted by Crippen LogP contribution is -2.44. The molecule has 0 radical (unpaired) electrons. The van der Waals surface area contributed by atoms with Gasteiger partial charge in [-0.05, 0) is 43.5 Å². The van der Waals surface area contributed by atoms with Crippen molar-refractivity contribution < 1.29 is 9.47 Å². The molecule has 4 heteroatoms. The number of hydrogen-bond acceptors (Lipinski definition) is 4. The molecule has 0 amide bonds. The Labute approximate surface area is 114 Å². The molecule has 2 saturated heterocycles. The molecule has 2 aliphatic heterocycles. The van der Waals surface area contributed by atoms with Crippen molar-refractivity contribution in [1.82, 2.24) is 0 Å². The van der Waals surface area contributed by atoms with Gasteiger partial charge >= 0.3 is 0 Å². The van der Waals surface area contributed by atoms with E-state index in [9.17, 15) is 0 Å². The molecule has 3 rings (SSSR count). The monoisotopic (exact) mass is 262 g/mol. The number of nitrogens with one attached hydrogen (secondary N) is 1. The van der Waals surface area contributed by atoms with Gasteiger partial charge in [-0.3, -0.25) is 0 Å². The largest absolute Gasteiger partial charge is 0.399 e. The lowest BCUT2D eigenvalue weighted by Gasteiger charge is -2.37. The lowest BCUT2D eigenvalue weighted by molar-refractivity contribution is -0.0828. The summed E-state index contributed by atoms with van der Waals surface area (Å²) in [5, 5.41) is 3.60. The van der Waals surface area contributed by atoms with Crippen LogP contribution >= 0.6 is 0 Å². The molecule has 2 heterocycles. The van der Waals surface area contributed by atoms with Gasteiger partial charge in [-0.1, -0.05) is 0 Å². The van der Waals surface area contributed by atoms with E-state index in [4.69, 9.17) is 15.2 Å². The molecule has 4 nitrogen and oxygen atoms in total. The summed E-state index contributed by atoms with van der Waals surface area (Å²) in [6, 6.07) is 6.57. The standard InChI is InChI=1S/C15H22N2O2/c1-11-6-12(16)8-14(7-11)17-13-2-4-19-15(9-13)3-5-18-10-15/h6-8,13,17H,2-5,9-10,16H2,1H3. The number of rotatable bonds is 2. The van der Waals surface area contributed by atoms with Crippen LogP contribution in [0.4, 0.5) is 11.4 Å². The molecule has 2 aliphatic rings. The van der Waals surface area contributed by atoms with Gasteiger partial charge in [0.2, 0.25) is 0 Å². The number of benzene rings is 1. The van der Waals surface area contributed by atoms with Crippen LogP contribution in [0.5, 0.6) is 0 Å². The quantitative estimate of drug-likeness (QED) is 0.803. The number of nitrogen functional groups attached to an aromatic ring is 1. The summed E-state index contributed by atoms with van der Waals surface area (Å²) < 4.78 is 11.5. The van der Waals surface area contributed by atoms with Crippen LogP contribution in [-0.2, 0) is 9.47 Å². The highest BCUT2D eigenvalue weighted by atomic mass is 16.6. The van der Waals surface area contributed by atoms with Crippen LogP contribution in [0.1, 0.15) is 24.8 Å². The number of hydrogen-bond donors (Lipinski definition) is 2. The summed E-state index contributed by atoms with van der Waals surface area (Å²) in [7, 11) is 0. The van der Waals surface area contributed by atoms with Crippen LogP contribution < -0.4 is 11.1 Å². The fourth-order valence-corrected chi connectivity index (χ4v) is 3.15. The molecule has 0 bridgehead atoms. The molecule has 0 aliphatic carbocycles. The van der Waals surface area contributed by atoms with Gasteiger partial charge in [0.1, 0.15) is 0 Å². The summed E-state index contributed by atoms with van der Waals surface area (Å²) in [6.07, 6.45) is 3.07. The predicted octanol–water partition coefficient (Wildman–Crippen LogP) is 2.33. The maximum absolute atomic E-state index is 5.95. The van der Waals surface area contributed by atoms with Gasteiger partial charge < -0.3 is 20.5 Å². The zero-order valence-corrected chi connectivity index (χ0v) is 11.4. The highest BCUT2D eigenvalue weighted by molar-refractivity contribution is 5.57. The van der Waals surface area contributed by atoms with E-state index >= 15 is 0 Å². The SMILES string of the molecule is Cc1cc(N)cc(NC2CCOC3(CCOC3)C2)c1. The van der Waals surface area contributed by atoms with Crippen LogP contribution in [-0.4, -0.2) is 31.5 Å². The fourth-order valence-electron chi connectivity index (χ4n) is 3.15. The first-order valence-electron chi connectivity index (χ1n) is 7.01. The van der Waals surface area contributed by atoms with E-state index in [0.29, 0.717) is 6.04 Å². The van der Waals surface area contributed by atoms with Gasteiger partial charge in [0, 0.05) is 37.1 Å². The van der Waals surface area contributed by atoms with Crippen molar-refractivity contribution >= 4 is 11.4 Å². The summed E-state index contributed by atoms with van der Waals surface area (Å²) in [5.74, 6) is 0. The molecule has 19 heavy (non-hydrogen) atoms. The van der Waals surface area contributed by atoms with Gasteiger partial charge in [0.25, 0.3) is 0 Å². The summed E-state index contributed by atoms with van der Waals surface area (Å²) >= 11 is 0. The zero-order chi connectivity index (χ0) is 13.3. The molecule has 1 aromatic rings. The third kappa shape index (κ3) is 2.85. The Kier molecular flexibility index (Phi) is 3.37. The van der Waals surface area contributed by atoms with Gasteiger partial charge in [0.05, 0.1) is 12.2 Å². The van der Waals surface area contributed by atoms with Crippen molar-refractivity contribution in [3.8, 4) is 0 Å². The van der Waals surface area contributed by atoms with Crippen molar-refractivity contribution in [2.45, 2.75) is 37.8 Å². The van der Waals surface area contributed by atoms with Crippen LogP contribution in [0, 0.1) is 6.92 Å². The van der Waals surface area contributed by atoms with Crippen molar-refractivity contribution in [3.05, 3.63) is 23.8 Å². The second kappa shape index (κ2) is 5.02. The molecule has 3 N–H and O–H groups in total. The summed E-state index contributed by atoms with van der Waals surface area (Å²) in [5.41, 5.74) is 8.96. The minimum absolute atomic E-state index is 0.0503. The second-order valence-electron chi connectivity index (χ2n) is 5.80. The second-order valence-corrected chi connectivity index (χ2v) is 5.80. The van der Waals surface area contributed by atoms with Crippen LogP contribution in [0.15, 0.2) is 18.2 Å². The Balaban J connectivity index is 1.69. The first-order valence-corrected chi connectivity index (χ1v) is 7.01. The number of ether oxygens (including phenoxy) is 2. The third-order valence-electron chi connectivity index (χ3n) is 4.03. The molecular formula is C15H22N2O2. The van der Waals surface area contributed by atoms with E-state index in [1.165, 1.54) is 5.56 Å². The smallest absolute Gasteiger partial charge is 0.0956 e. The van der Waals surface area contributed by atoms with Crippen molar-refractivity contribution in [3.63, 3.8) is 0 Å². The molecule has 1 spiro atoms. The van der Waals surface area contributed by atoms with Crippen molar-refractivity contribution in [2.24, 2.45) is 0 Å². The minimum Gasteiger partial charge on any atom is -0.399 e. The van der Waals surface area contributed by atoms with Crippen LogP contribution in [0.25, 0.3) is 0 Å². The number of aryl methyl sites for hydroxylation is 1. The highest BCUT2D eigenvalue weighted by Crippen LogP contribution is 2.34. The van der Waals surface area contributed by atoms with E-state index in [-0.39, 0.29) is 5.60 Å². The van der Waals surface area contributed by atoms with Gasteiger partial charge in [-0.25, -0.2) is 0 Å². The minimum atomic E-state index is -0.0503. The Morgan fingerprint density at radius 2 is 2.21 bits per heavy atom. The molecule has 0 aromatic heterocycles. The Morgan fingerprint density at radius 3 is 2.95 bits per heavy atom. The Hall–Kier alpha value is -1.26. The molecule has 2 atom stereocenters. The van der Waals surface area contributed by atoms with E-state index in [0.717, 1.165) is 50.5 Å². The van der Waals surface area contributed by atoms with Crippen molar-refractivity contribution in [2.75, 3.05) is 30.9 Å². The topological polar surface area (TPSA) is 56.5 Å². The van der Waals surface area contributed by atoms with E-state index in [1.807, 2.05) is 12.1 Å². The average molecular weight is 262 g/mol.